The Balaban J connectivity index is 1.61. The molecule has 2 aliphatic heterocycles. The summed E-state index contributed by atoms with van der Waals surface area (Å²) in [5.74, 6) is 0.938. The SMILES string of the molecule is CC[C@H](N[C@@H]1CCN2CCC[C@H]2C1)c1ccc(OC)cc1. The summed E-state index contributed by atoms with van der Waals surface area (Å²) in [5, 5.41) is 3.90. The summed E-state index contributed by atoms with van der Waals surface area (Å²) in [7, 11) is 1.72. The van der Waals surface area contributed by atoms with Crippen LogP contribution in [0.15, 0.2) is 24.3 Å². The van der Waals surface area contributed by atoms with Crippen LogP contribution in [0.4, 0.5) is 0 Å². The maximum atomic E-state index is 5.25. The third-order valence-electron chi connectivity index (χ3n) is 5.18. The number of nitrogens with zero attached hydrogens (tertiary/aromatic N) is 1. The minimum atomic E-state index is 0.467. The Morgan fingerprint density at radius 2 is 2.05 bits per heavy atom. The fourth-order valence-electron chi connectivity index (χ4n) is 3.95. The van der Waals surface area contributed by atoms with E-state index in [0.717, 1.165) is 18.2 Å². The van der Waals surface area contributed by atoms with Gasteiger partial charge in [0.15, 0.2) is 0 Å². The zero-order chi connectivity index (χ0) is 14.7. The molecule has 3 nitrogen and oxygen atoms in total. The molecule has 0 spiro atoms. The lowest BCUT2D eigenvalue weighted by atomic mass is 9.95. The third-order valence-corrected chi connectivity index (χ3v) is 5.18. The molecule has 1 aromatic carbocycles. The van der Waals surface area contributed by atoms with Crippen LogP contribution in [0.25, 0.3) is 0 Å². The quantitative estimate of drug-likeness (QED) is 0.899. The molecule has 1 aromatic rings. The van der Waals surface area contributed by atoms with Gasteiger partial charge in [-0.1, -0.05) is 19.1 Å². The van der Waals surface area contributed by atoms with Crippen molar-refractivity contribution in [1.29, 1.82) is 0 Å². The minimum Gasteiger partial charge on any atom is -0.497 e. The summed E-state index contributed by atoms with van der Waals surface area (Å²) in [4.78, 5) is 2.69. The van der Waals surface area contributed by atoms with Gasteiger partial charge in [-0.15, -0.1) is 0 Å². The molecule has 0 radical (unpaired) electrons. The molecule has 0 saturated carbocycles. The van der Waals surface area contributed by atoms with Crippen molar-refractivity contribution in [1.82, 2.24) is 10.2 Å². The molecule has 0 amide bonds. The zero-order valence-electron chi connectivity index (χ0n) is 13.3. The van der Waals surface area contributed by atoms with E-state index in [1.165, 1.54) is 44.3 Å². The number of fused-ring (bicyclic) bond motifs is 1. The molecule has 0 aromatic heterocycles. The van der Waals surface area contributed by atoms with Crippen LogP contribution < -0.4 is 10.1 Å². The van der Waals surface area contributed by atoms with Gasteiger partial charge in [0, 0.05) is 18.1 Å². The van der Waals surface area contributed by atoms with Crippen LogP contribution in [-0.4, -0.2) is 37.2 Å². The van der Waals surface area contributed by atoms with Gasteiger partial charge < -0.3 is 15.0 Å². The van der Waals surface area contributed by atoms with Gasteiger partial charge in [0.25, 0.3) is 0 Å². The van der Waals surface area contributed by atoms with Crippen molar-refractivity contribution in [2.24, 2.45) is 0 Å². The molecular weight excluding hydrogens is 260 g/mol. The van der Waals surface area contributed by atoms with Crippen molar-refractivity contribution >= 4 is 0 Å². The Morgan fingerprint density at radius 3 is 2.76 bits per heavy atom. The first-order valence-electron chi connectivity index (χ1n) is 8.44. The number of hydrogen-bond acceptors (Lipinski definition) is 3. The molecule has 116 valence electrons. The van der Waals surface area contributed by atoms with Gasteiger partial charge in [0.2, 0.25) is 0 Å². The van der Waals surface area contributed by atoms with E-state index >= 15 is 0 Å². The fraction of sp³-hybridized carbons (Fsp3) is 0.667. The predicted octanol–water partition coefficient (Wildman–Crippen LogP) is 3.36. The molecular formula is C18H28N2O. The normalized spacial score (nSPS) is 27.3. The first kappa shape index (κ1) is 14.9. The van der Waals surface area contributed by atoms with E-state index in [2.05, 4.69) is 41.4 Å². The van der Waals surface area contributed by atoms with Crippen LogP contribution in [0.1, 0.15) is 50.6 Å². The van der Waals surface area contributed by atoms with Crippen LogP contribution in [0.3, 0.4) is 0 Å². The van der Waals surface area contributed by atoms with Crippen LogP contribution in [0.5, 0.6) is 5.75 Å². The molecule has 0 aliphatic carbocycles. The summed E-state index contributed by atoms with van der Waals surface area (Å²) < 4.78 is 5.25. The topological polar surface area (TPSA) is 24.5 Å². The Morgan fingerprint density at radius 1 is 1.24 bits per heavy atom. The van der Waals surface area contributed by atoms with Crippen LogP contribution in [0, 0.1) is 0 Å². The first-order valence-corrected chi connectivity index (χ1v) is 8.44. The lowest BCUT2D eigenvalue weighted by molar-refractivity contribution is 0.160. The van der Waals surface area contributed by atoms with Crippen LogP contribution in [0.2, 0.25) is 0 Å². The standard InChI is InChI=1S/C18H28N2O/c1-3-18(14-6-8-17(21-2)9-7-14)19-15-10-12-20-11-4-5-16(20)13-15/h6-9,15-16,18-19H,3-5,10-13H2,1-2H3/t15-,16+,18+/m1/s1. The monoisotopic (exact) mass is 288 g/mol. The van der Waals surface area contributed by atoms with Crippen molar-refractivity contribution in [2.45, 2.75) is 57.2 Å². The van der Waals surface area contributed by atoms with Crippen molar-refractivity contribution in [2.75, 3.05) is 20.2 Å². The molecule has 2 heterocycles. The van der Waals surface area contributed by atoms with Crippen molar-refractivity contribution in [3.63, 3.8) is 0 Å². The van der Waals surface area contributed by atoms with Gasteiger partial charge in [-0.2, -0.15) is 0 Å². The number of rotatable bonds is 5. The molecule has 21 heavy (non-hydrogen) atoms. The average Bonchev–Trinajstić information content (AvgIpc) is 3.00. The summed E-state index contributed by atoms with van der Waals surface area (Å²) in [5.41, 5.74) is 1.38. The van der Waals surface area contributed by atoms with E-state index in [9.17, 15) is 0 Å². The smallest absolute Gasteiger partial charge is 0.118 e. The van der Waals surface area contributed by atoms with Crippen LogP contribution >= 0.6 is 0 Å². The number of ether oxygens (including phenoxy) is 1. The van der Waals surface area contributed by atoms with E-state index < -0.39 is 0 Å². The largest absolute Gasteiger partial charge is 0.497 e. The minimum absolute atomic E-state index is 0.467. The molecule has 1 N–H and O–H groups in total. The summed E-state index contributed by atoms with van der Waals surface area (Å²) in [6.45, 7) is 4.88. The second-order valence-electron chi connectivity index (χ2n) is 6.45. The van der Waals surface area contributed by atoms with Gasteiger partial charge in [0.05, 0.1) is 7.11 Å². The molecule has 3 atom stereocenters. The van der Waals surface area contributed by atoms with Crippen molar-refractivity contribution in [3.8, 4) is 5.75 Å². The molecule has 0 unspecified atom stereocenters. The molecule has 3 heteroatoms. The van der Waals surface area contributed by atoms with Crippen molar-refractivity contribution < 1.29 is 4.74 Å². The Hall–Kier alpha value is -1.06. The Kier molecular flexibility index (Phi) is 4.81. The van der Waals surface area contributed by atoms with E-state index in [4.69, 9.17) is 4.74 Å². The maximum Gasteiger partial charge on any atom is 0.118 e. The van der Waals surface area contributed by atoms with E-state index in [0.29, 0.717) is 12.1 Å². The van der Waals surface area contributed by atoms with Gasteiger partial charge in [0.1, 0.15) is 5.75 Å². The number of piperidine rings is 1. The molecule has 2 fully saturated rings. The van der Waals surface area contributed by atoms with Crippen LogP contribution in [-0.2, 0) is 0 Å². The molecule has 3 rings (SSSR count). The predicted molar refractivity (Wildman–Crippen MR) is 86.8 cm³/mol. The number of benzene rings is 1. The second-order valence-corrected chi connectivity index (χ2v) is 6.45. The molecule has 2 saturated heterocycles. The van der Waals surface area contributed by atoms with E-state index in [-0.39, 0.29) is 0 Å². The third kappa shape index (κ3) is 3.41. The van der Waals surface area contributed by atoms with Gasteiger partial charge in [-0.3, -0.25) is 0 Å². The number of nitrogens with one attached hydrogen (secondary N) is 1. The number of methoxy groups -OCH3 is 1. The zero-order valence-corrected chi connectivity index (χ0v) is 13.3. The fourth-order valence-corrected chi connectivity index (χ4v) is 3.95. The lowest BCUT2D eigenvalue weighted by Crippen LogP contribution is -2.46. The highest BCUT2D eigenvalue weighted by molar-refractivity contribution is 5.29. The van der Waals surface area contributed by atoms with Gasteiger partial charge >= 0.3 is 0 Å². The lowest BCUT2D eigenvalue weighted by Gasteiger charge is -2.37. The highest BCUT2D eigenvalue weighted by Crippen LogP contribution is 2.29. The van der Waals surface area contributed by atoms with E-state index in [1.807, 2.05) is 0 Å². The summed E-state index contributed by atoms with van der Waals surface area (Å²) in [6, 6.07) is 10.5. The Labute approximate surface area is 128 Å². The highest BCUT2D eigenvalue weighted by atomic mass is 16.5. The summed E-state index contributed by atoms with van der Waals surface area (Å²) >= 11 is 0. The maximum absolute atomic E-state index is 5.25. The highest BCUT2D eigenvalue weighted by Gasteiger charge is 2.32. The van der Waals surface area contributed by atoms with Crippen molar-refractivity contribution in [3.05, 3.63) is 29.8 Å². The first-order chi connectivity index (χ1) is 10.3. The van der Waals surface area contributed by atoms with E-state index in [1.54, 1.807) is 7.11 Å². The molecule has 0 bridgehead atoms. The second kappa shape index (κ2) is 6.80. The van der Waals surface area contributed by atoms with Gasteiger partial charge in [-0.25, -0.2) is 0 Å². The molecule has 2 aliphatic rings. The van der Waals surface area contributed by atoms with Gasteiger partial charge in [-0.05, 0) is 62.9 Å². The Bertz CT molecular complexity index is 445. The average molecular weight is 288 g/mol. The summed E-state index contributed by atoms with van der Waals surface area (Å²) in [6.07, 6.45) is 6.55. The number of hydrogen-bond donors (Lipinski definition) is 1.